The highest BCUT2D eigenvalue weighted by molar-refractivity contribution is 5.89. The summed E-state index contributed by atoms with van der Waals surface area (Å²) in [6, 6.07) is 14.6. The fraction of sp³-hybridized carbons (Fsp3) is 0.292. The van der Waals surface area contributed by atoms with E-state index in [0.717, 1.165) is 25.1 Å². The summed E-state index contributed by atoms with van der Waals surface area (Å²) in [6.45, 7) is 2.86. The summed E-state index contributed by atoms with van der Waals surface area (Å²) in [7, 11) is 1.56. The van der Waals surface area contributed by atoms with Crippen LogP contribution in [-0.4, -0.2) is 47.2 Å². The number of benzene rings is 2. The van der Waals surface area contributed by atoms with Crippen molar-refractivity contribution in [1.82, 2.24) is 15.0 Å². The van der Waals surface area contributed by atoms with Crippen LogP contribution in [0.5, 0.6) is 11.5 Å². The van der Waals surface area contributed by atoms with Crippen LogP contribution >= 0.6 is 0 Å². The van der Waals surface area contributed by atoms with E-state index in [-0.39, 0.29) is 12.0 Å². The van der Waals surface area contributed by atoms with Gasteiger partial charge in [0.25, 0.3) is 0 Å². The maximum atomic E-state index is 11.3. The van der Waals surface area contributed by atoms with Crippen LogP contribution in [0, 0.1) is 11.3 Å². The van der Waals surface area contributed by atoms with E-state index >= 15 is 0 Å². The molecule has 0 unspecified atom stereocenters. The van der Waals surface area contributed by atoms with Crippen molar-refractivity contribution >= 4 is 29.2 Å². The van der Waals surface area contributed by atoms with Crippen LogP contribution < -0.4 is 25.0 Å². The van der Waals surface area contributed by atoms with Crippen LogP contribution in [0.2, 0.25) is 0 Å². The van der Waals surface area contributed by atoms with Gasteiger partial charge in [-0.2, -0.15) is 10.2 Å². The first kappa shape index (κ1) is 22.8. The summed E-state index contributed by atoms with van der Waals surface area (Å²) in [6.07, 6.45) is 3.18. The maximum Gasteiger partial charge on any atom is 0.231 e. The third-order valence-electron chi connectivity index (χ3n) is 5.25. The maximum absolute atomic E-state index is 11.3. The van der Waals surface area contributed by atoms with Gasteiger partial charge >= 0.3 is 0 Å². The lowest BCUT2D eigenvalue weighted by Crippen LogP contribution is -2.42. The van der Waals surface area contributed by atoms with Gasteiger partial charge in [-0.15, -0.1) is 0 Å². The number of piperidine rings is 1. The first-order valence-corrected chi connectivity index (χ1v) is 10.9. The van der Waals surface area contributed by atoms with Crippen molar-refractivity contribution in [3.63, 3.8) is 0 Å². The van der Waals surface area contributed by atoms with Crippen molar-refractivity contribution in [3.05, 3.63) is 54.4 Å². The molecule has 1 fully saturated rings. The number of ether oxygens (including phenoxy) is 2. The molecule has 0 radical (unpaired) electrons. The Hall–Kier alpha value is -4.39. The minimum atomic E-state index is -0.139. The molecule has 0 spiro atoms. The fourth-order valence-electron chi connectivity index (χ4n) is 3.74. The number of hydrogen-bond acceptors (Lipinski definition) is 9. The molecule has 1 atom stereocenters. The summed E-state index contributed by atoms with van der Waals surface area (Å²) in [5, 5.41) is 15.0. The number of nitrogens with zero attached hydrogens (tertiary/aromatic N) is 5. The zero-order valence-electron chi connectivity index (χ0n) is 19.0. The van der Waals surface area contributed by atoms with Gasteiger partial charge < -0.3 is 25.0 Å². The van der Waals surface area contributed by atoms with Gasteiger partial charge in [-0.1, -0.05) is 6.07 Å². The predicted octanol–water partition coefficient (Wildman–Crippen LogP) is 3.50. The van der Waals surface area contributed by atoms with Crippen molar-refractivity contribution in [2.45, 2.75) is 25.9 Å². The van der Waals surface area contributed by atoms with Crippen LogP contribution in [0.1, 0.15) is 25.3 Å². The van der Waals surface area contributed by atoms with Crippen molar-refractivity contribution in [1.29, 1.82) is 5.26 Å². The van der Waals surface area contributed by atoms with E-state index < -0.39 is 0 Å². The SMILES string of the molecule is COc1cc(C#N)ccc1O[C@H]1CCCN(c2ncnc(Nc3cccc(NC(C)=O)c3)n2)C1. The highest BCUT2D eigenvalue weighted by Gasteiger charge is 2.24. The Kier molecular flexibility index (Phi) is 7.03. The largest absolute Gasteiger partial charge is 0.493 e. The Morgan fingerprint density at radius 1 is 1.18 bits per heavy atom. The van der Waals surface area contributed by atoms with Crippen molar-refractivity contribution in [2.75, 3.05) is 35.7 Å². The summed E-state index contributed by atoms with van der Waals surface area (Å²) < 4.78 is 11.6. The molecule has 4 rings (SSSR count). The Morgan fingerprint density at radius 3 is 2.82 bits per heavy atom. The number of carbonyl (C=O) groups excluding carboxylic acids is 1. The fourth-order valence-corrected chi connectivity index (χ4v) is 3.74. The van der Waals surface area contributed by atoms with Crippen LogP contribution in [-0.2, 0) is 4.79 Å². The van der Waals surface area contributed by atoms with Gasteiger partial charge in [0.2, 0.25) is 17.8 Å². The van der Waals surface area contributed by atoms with Gasteiger partial charge in [-0.05, 0) is 43.2 Å². The summed E-state index contributed by atoms with van der Waals surface area (Å²) in [4.78, 5) is 26.5. The Labute approximate surface area is 197 Å². The molecule has 0 saturated carbocycles. The summed E-state index contributed by atoms with van der Waals surface area (Å²) in [5.41, 5.74) is 1.94. The standard InChI is InChI=1S/C24H25N7O3/c1-16(32)28-18-5-3-6-19(12-18)29-23-26-15-27-24(30-23)31-10-4-7-20(14-31)34-21-9-8-17(13-25)11-22(21)33-2/h3,5-6,8-9,11-12,15,20H,4,7,10,14H2,1-2H3,(H,28,32)(H,26,27,29,30)/t20-/m0/s1. The lowest BCUT2D eigenvalue weighted by molar-refractivity contribution is -0.114. The highest BCUT2D eigenvalue weighted by atomic mass is 16.5. The molecule has 1 aliphatic rings. The smallest absolute Gasteiger partial charge is 0.231 e. The molecule has 10 nitrogen and oxygen atoms in total. The van der Waals surface area contributed by atoms with Gasteiger partial charge in [0.05, 0.1) is 25.3 Å². The number of methoxy groups -OCH3 is 1. The van der Waals surface area contributed by atoms with Gasteiger partial charge in [0.1, 0.15) is 12.4 Å². The number of amides is 1. The molecule has 1 amide bonds. The average molecular weight is 460 g/mol. The molecule has 3 aromatic rings. The van der Waals surface area contributed by atoms with Crippen LogP contribution in [0.25, 0.3) is 0 Å². The average Bonchev–Trinajstić information content (AvgIpc) is 2.84. The topological polar surface area (TPSA) is 125 Å². The van der Waals surface area contributed by atoms with E-state index in [2.05, 4.69) is 36.6 Å². The molecular formula is C24H25N7O3. The number of hydrogen-bond donors (Lipinski definition) is 2. The second-order valence-electron chi connectivity index (χ2n) is 7.80. The van der Waals surface area contributed by atoms with Gasteiger partial charge in [-0.25, -0.2) is 9.97 Å². The molecule has 174 valence electrons. The van der Waals surface area contributed by atoms with Crippen molar-refractivity contribution in [2.24, 2.45) is 0 Å². The van der Waals surface area contributed by atoms with Gasteiger partial charge in [0, 0.05) is 30.9 Å². The highest BCUT2D eigenvalue weighted by Crippen LogP contribution is 2.31. The second-order valence-corrected chi connectivity index (χ2v) is 7.80. The van der Waals surface area contributed by atoms with E-state index in [4.69, 9.17) is 14.7 Å². The number of anilines is 4. The Balaban J connectivity index is 1.44. The van der Waals surface area contributed by atoms with Crippen LogP contribution in [0.15, 0.2) is 48.8 Å². The molecule has 34 heavy (non-hydrogen) atoms. The molecule has 2 N–H and O–H groups in total. The first-order chi connectivity index (χ1) is 16.5. The molecular weight excluding hydrogens is 434 g/mol. The third-order valence-corrected chi connectivity index (χ3v) is 5.25. The van der Waals surface area contributed by atoms with Crippen molar-refractivity contribution in [3.8, 4) is 17.6 Å². The number of rotatable bonds is 7. The first-order valence-electron chi connectivity index (χ1n) is 10.9. The Bertz CT molecular complexity index is 1210. The lowest BCUT2D eigenvalue weighted by atomic mass is 10.1. The normalized spacial score (nSPS) is 15.2. The zero-order valence-corrected chi connectivity index (χ0v) is 19.0. The minimum absolute atomic E-state index is 0.0851. The molecule has 0 aliphatic carbocycles. The summed E-state index contributed by atoms with van der Waals surface area (Å²) >= 11 is 0. The predicted molar refractivity (Wildman–Crippen MR) is 127 cm³/mol. The summed E-state index contributed by atoms with van der Waals surface area (Å²) in [5.74, 6) is 1.95. The van der Waals surface area contributed by atoms with Gasteiger partial charge in [-0.3, -0.25) is 4.79 Å². The second kappa shape index (κ2) is 10.5. The number of nitrogens with one attached hydrogen (secondary N) is 2. The molecule has 0 bridgehead atoms. The zero-order chi connectivity index (χ0) is 23.9. The van der Waals surface area contributed by atoms with E-state index in [9.17, 15) is 4.79 Å². The van der Waals surface area contributed by atoms with Gasteiger partial charge in [0.15, 0.2) is 11.5 Å². The Morgan fingerprint density at radius 2 is 2.03 bits per heavy atom. The molecule has 2 heterocycles. The molecule has 1 aliphatic heterocycles. The third kappa shape index (κ3) is 5.69. The van der Waals surface area contributed by atoms with E-state index in [1.165, 1.54) is 13.3 Å². The molecule has 2 aromatic carbocycles. The van der Waals surface area contributed by atoms with E-state index in [1.54, 1.807) is 31.4 Å². The van der Waals surface area contributed by atoms with E-state index in [1.807, 2.05) is 18.2 Å². The quantitative estimate of drug-likeness (QED) is 0.546. The monoisotopic (exact) mass is 459 g/mol. The van der Waals surface area contributed by atoms with E-state index in [0.29, 0.717) is 41.2 Å². The van der Waals surface area contributed by atoms with Crippen LogP contribution in [0.4, 0.5) is 23.3 Å². The number of aromatic nitrogens is 3. The minimum Gasteiger partial charge on any atom is -0.493 e. The lowest BCUT2D eigenvalue weighted by Gasteiger charge is -2.33. The number of nitriles is 1. The molecule has 10 heteroatoms. The molecule has 1 saturated heterocycles. The van der Waals surface area contributed by atoms with Crippen molar-refractivity contribution < 1.29 is 14.3 Å². The number of carbonyl (C=O) groups is 1. The molecule has 1 aromatic heterocycles. The van der Waals surface area contributed by atoms with Crippen LogP contribution in [0.3, 0.4) is 0 Å².